The number of aromatic nitrogens is 1. The number of ether oxygens (including phenoxy) is 1. The highest BCUT2D eigenvalue weighted by Crippen LogP contribution is 2.31. The van der Waals surface area contributed by atoms with E-state index in [1.807, 2.05) is 12.1 Å². The van der Waals surface area contributed by atoms with E-state index in [9.17, 15) is 0 Å². The summed E-state index contributed by atoms with van der Waals surface area (Å²) in [6.07, 6.45) is 4.24. The Morgan fingerprint density at radius 2 is 2.11 bits per heavy atom. The van der Waals surface area contributed by atoms with E-state index in [2.05, 4.69) is 20.9 Å². The summed E-state index contributed by atoms with van der Waals surface area (Å²) in [6, 6.07) is 7.30. The van der Waals surface area contributed by atoms with Crippen molar-refractivity contribution < 1.29 is 4.74 Å². The molecule has 0 aliphatic heterocycles. The lowest BCUT2D eigenvalue weighted by Crippen LogP contribution is -2.03. The molecule has 18 heavy (non-hydrogen) atoms. The van der Waals surface area contributed by atoms with E-state index in [-0.39, 0.29) is 0 Å². The van der Waals surface area contributed by atoms with Gasteiger partial charge in [0.2, 0.25) is 0 Å². The molecule has 1 heterocycles. The largest absolute Gasteiger partial charge is 0.455 e. The lowest BCUT2D eigenvalue weighted by atomic mass is 10.2. The van der Waals surface area contributed by atoms with E-state index in [0.717, 1.165) is 16.5 Å². The van der Waals surface area contributed by atoms with Crippen LogP contribution in [-0.2, 0) is 6.42 Å². The minimum absolute atomic E-state index is 0.593. The van der Waals surface area contributed by atoms with Crippen LogP contribution < -0.4 is 10.5 Å². The third-order valence-electron chi connectivity index (χ3n) is 2.32. The second-order valence-electron chi connectivity index (χ2n) is 3.74. The number of rotatable bonds is 4. The fourth-order valence-corrected chi connectivity index (χ4v) is 2.27. The van der Waals surface area contributed by atoms with E-state index in [1.54, 1.807) is 24.5 Å². The van der Waals surface area contributed by atoms with Crippen LogP contribution in [0.25, 0.3) is 0 Å². The fraction of sp³-hybridized carbons (Fsp3) is 0.154. The molecule has 0 aliphatic carbocycles. The molecule has 2 rings (SSSR count). The summed E-state index contributed by atoms with van der Waals surface area (Å²) in [5, 5.41) is 0.657. The van der Waals surface area contributed by atoms with E-state index >= 15 is 0 Å². The zero-order valence-corrected chi connectivity index (χ0v) is 11.9. The molecule has 0 saturated heterocycles. The predicted octanol–water partition coefficient (Wildman–Crippen LogP) is 3.79. The van der Waals surface area contributed by atoms with Gasteiger partial charge in [0.1, 0.15) is 11.5 Å². The van der Waals surface area contributed by atoms with Crippen LogP contribution in [0.5, 0.6) is 11.5 Å². The predicted molar refractivity (Wildman–Crippen MR) is 76.2 cm³/mol. The van der Waals surface area contributed by atoms with E-state index in [4.69, 9.17) is 22.1 Å². The highest BCUT2D eigenvalue weighted by molar-refractivity contribution is 9.10. The maximum Gasteiger partial charge on any atom is 0.146 e. The minimum Gasteiger partial charge on any atom is -0.455 e. The topological polar surface area (TPSA) is 48.1 Å². The quantitative estimate of drug-likeness (QED) is 0.929. The standard InChI is InChI=1S/C13H12BrClN2O/c14-12-6-10(15)1-2-13(12)18-11-5-9(3-4-16)7-17-8-11/h1-2,5-8H,3-4,16H2. The number of nitrogens with two attached hydrogens (primary N) is 1. The lowest BCUT2D eigenvalue weighted by Gasteiger charge is -2.08. The summed E-state index contributed by atoms with van der Waals surface area (Å²) in [4.78, 5) is 4.12. The average molecular weight is 328 g/mol. The van der Waals surface area contributed by atoms with Gasteiger partial charge in [0.15, 0.2) is 0 Å². The van der Waals surface area contributed by atoms with Gasteiger partial charge in [0, 0.05) is 11.2 Å². The molecule has 2 aromatic rings. The van der Waals surface area contributed by atoms with Crippen LogP contribution in [0.3, 0.4) is 0 Å². The van der Waals surface area contributed by atoms with Gasteiger partial charge >= 0.3 is 0 Å². The van der Waals surface area contributed by atoms with Crippen LogP contribution >= 0.6 is 27.5 Å². The van der Waals surface area contributed by atoms with Gasteiger partial charge in [-0.25, -0.2) is 0 Å². The Bertz CT molecular complexity index is 548. The fourth-order valence-electron chi connectivity index (χ4n) is 1.51. The number of benzene rings is 1. The van der Waals surface area contributed by atoms with Crippen LogP contribution in [0.4, 0.5) is 0 Å². The van der Waals surface area contributed by atoms with Crippen LogP contribution in [-0.4, -0.2) is 11.5 Å². The van der Waals surface area contributed by atoms with Gasteiger partial charge in [-0.15, -0.1) is 0 Å². The Morgan fingerprint density at radius 3 is 2.83 bits per heavy atom. The number of halogens is 2. The Balaban J connectivity index is 2.20. The van der Waals surface area contributed by atoms with Crippen molar-refractivity contribution in [2.75, 3.05) is 6.54 Å². The van der Waals surface area contributed by atoms with E-state index < -0.39 is 0 Å². The molecule has 0 spiro atoms. The smallest absolute Gasteiger partial charge is 0.146 e. The molecule has 0 saturated carbocycles. The van der Waals surface area contributed by atoms with Crippen LogP contribution in [0.15, 0.2) is 41.1 Å². The van der Waals surface area contributed by atoms with Gasteiger partial charge in [0.25, 0.3) is 0 Å². The molecule has 3 nitrogen and oxygen atoms in total. The molecule has 5 heteroatoms. The Labute approximate surface area is 119 Å². The summed E-state index contributed by atoms with van der Waals surface area (Å²) >= 11 is 9.28. The van der Waals surface area contributed by atoms with Crippen LogP contribution in [0.1, 0.15) is 5.56 Å². The first kappa shape index (κ1) is 13.3. The summed E-state index contributed by atoms with van der Waals surface area (Å²) in [5.74, 6) is 1.38. The Kier molecular flexibility index (Phi) is 4.58. The zero-order valence-electron chi connectivity index (χ0n) is 9.57. The second kappa shape index (κ2) is 6.18. The zero-order chi connectivity index (χ0) is 13.0. The molecule has 0 amide bonds. The SMILES string of the molecule is NCCc1cncc(Oc2ccc(Cl)cc2Br)c1. The van der Waals surface area contributed by atoms with Crippen molar-refractivity contribution in [1.29, 1.82) is 0 Å². The van der Waals surface area contributed by atoms with Crippen LogP contribution in [0.2, 0.25) is 5.02 Å². The van der Waals surface area contributed by atoms with E-state index in [1.165, 1.54) is 0 Å². The molecule has 94 valence electrons. The summed E-state index contributed by atoms with van der Waals surface area (Å²) in [7, 11) is 0. The number of hydrogen-bond donors (Lipinski definition) is 1. The molecule has 2 N–H and O–H groups in total. The van der Waals surface area contributed by atoms with Crippen molar-refractivity contribution in [3.63, 3.8) is 0 Å². The molecule has 1 aromatic carbocycles. The number of hydrogen-bond acceptors (Lipinski definition) is 3. The first-order valence-electron chi connectivity index (χ1n) is 5.46. The van der Waals surface area contributed by atoms with Crippen LogP contribution in [0, 0.1) is 0 Å². The summed E-state index contributed by atoms with van der Waals surface area (Å²) in [5.41, 5.74) is 6.57. The van der Waals surface area contributed by atoms with Crippen molar-refractivity contribution in [2.45, 2.75) is 6.42 Å². The normalized spacial score (nSPS) is 10.4. The monoisotopic (exact) mass is 326 g/mol. The summed E-state index contributed by atoms with van der Waals surface area (Å²) in [6.45, 7) is 0.593. The molecular weight excluding hydrogens is 316 g/mol. The third-order valence-corrected chi connectivity index (χ3v) is 3.18. The van der Waals surface area contributed by atoms with Gasteiger partial charge in [-0.3, -0.25) is 4.98 Å². The molecule has 0 atom stereocenters. The number of pyridine rings is 1. The van der Waals surface area contributed by atoms with E-state index in [0.29, 0.717) is 23.1 Å². The van der Waals surface area contributed by atoms with Crippen molar-refractivity contribution in [3.8, 4) is 11.5 Å². The van der Waals surface area contributed by atoms with Gasteiger partial charge < -0.3 is 10.5 Å². The molecule has 0 unspecified atom stereocenters. The Morgan fingerprint density at radius 1 is 1.28 bits per heavy atom. The molecule has 0 radical (unpaired) electrons. The van der Waals surface area contributed by atoms with Gasteiger partial charge in [-0.1, -0.05) is 11.6 Å². The summed E-state index contributed by atoms with van der Waals surface area (Å²) < 4.78 is 6.55. The molecular formula is C13H12BrClN2O. The highest BCUT2D eigenvalue weighted by atomic mass is 79.9. The molecule has 1 aromatic heterocycles. The van der Waals surface area contributed by atoms with Gasteiger partial charge in [-0.05, 0) is 58.7 Å². The first-order valence-corrected chi connectivity index (χ1v) is 6.63. The molecule has 0 bridgehead atoms. The van der Waals surface area contributed by atoms with Crippen molar-refractivity contribution in [2.24, 2.45) is 5.73 Å². The first-order chi connectivity index (χ1) is 8.69. The maximum absolute atomic E-state index is 5.87. The molecule has 0 fully saturated rings. The van der Waals surface area contributed by atoms with Gasteiger partial charge in [-0.2, -0.15) is 0 Å². The molecule has 0 aliphatic rings. The van der Waals surface area contributed by atoms with Crippen molar-refractivity contribution >= 4 is 27.5 Å². The number of nitrogens with zero attached hydrogens (tertiary/aromatic N) is 1. The lowest BCUT2D eigenvalue weighted by molar-refractivity contribution is 0.476. The Hall–Kier alpha value is -1.10. The average Bonchev–Trinajstić information content (AvgIpc) is 2.34. The minimum atomic E-state index is 0.593. The maximum atomic E-state index is 5.87. The van der Waals surface area contributed by atoms with Crippen molar-refractivity contribution in [3.05, 3.63) is 51.7 Å². The van der Waals surface area contributed by atoms with Crippen molar-refractivity contribution in [1.82, 2.24) is 4.98 Å². The third kappa shape index (κ3) is 3.45. The highest BCUT2D eigenvalue weighted by Gasteiger charge is 2.04. The van der Waals surface area contributed by atoms with Gasteiger partial charge in [0.05, 0.1) is 10.7 Å². The second-order valence-corrected chi connectivity index (χ2v) is 5.04.